The molecule has 1 aliphatic rings. The third-order valence-corrected chi connectivity index (χ3v) is 3.57. The van der Waals surface area contributed by atoms with E-state index in [0.29, 0.717) is 6.61 Å². The highest BCUT2D eigenvalue weighted by atomic mass is 16.5. The van der Waals surface area contributed by atoms with Gasteiger partial charge in [0.2, 0.25) is 0 Å². The van der Waals surface area contributed by atoms with Gasteiger partial charge in [-0.15, -0.1) is 0 Å². The zero-order chi connectivity index (χ0) is 12.8. The summed E-state index contributed by atoms with van der Waals surface area (Å²) in [5, 5.41) is 10.0. The van der Waals surface area contributed by atoms with E-state index in [4.69, 9.17) is 4.74 Å². The summed E-state index contributed by atoms with van der Waals surface area (Å²) < 4.78 is 5.57. The highest BCUT2D eigenvalue weighted by Crippen LogP contribution is 2.08. The van der Waals surface area contributed by atoms with Crippen molar-refractivity contribution in [2.75, 3.05) is 26.2 Å². The number of quaternary nitrogens is 1. The molecule has 1 aromatic rings. The fraction of sp³-hybridized carbons (Fsp3) is 0.600. The van der Waals surface area contributed by atoms with Crippen LogP contribution in [0.1, 0.15) is 19.8 Å². The first kappa shape index (κ1) is 13.4. The molecule has 1 aliphatic heterocycles. The summed E-state index contributed by atoms with van der Waals surface area (Å²) >= 11 is 0. The number of rotatable bonds is 5. The van der Waals surface area contributed by atoms with Gasteiger partial charge in [-0.05, 0) is 25.0 Å². The third-order valence-electron chi connectivity index (χ3n) is 3.57. The molecule has 1 fully saturated rings. The van der Waals surface area contributed by atoms with E-state index in [2.05, 4.69) is 6.92 Å². The van der Waals surface area contributed by atoms with Crippen molar-refractivity contribution in [1.82, 2.24) is 0 Å². The summed E-state index contributed by atoms with van der Waals surface area (Å²) in [5.41, 5.74) is 0. The number of piperidine rings is 1. The predicted octanol–water partition coefficient (Wildman–Crippen LogP) is 0.741. The van der Waals surface area contributed by atoms with Crippen LogP contribution in [0.3, 0.4) is 0 Å². The Bertz CT molecular complexity index is 342. The SMILES string of the molecule is C[C@H]1CCC[NH+](C[C@H](O)COc2ccccc2)C1. The molecule has 18 heavy (non-hydrogen) atoms. The molecular formula is C15H24NO2+. The average Bonchev–Trinajstić information content (AvgIpc) is 2.38. The number of likely N-dealkylation sites (tertiary alicyclic amines) is 1. The van der Waals surface area contributed by atoms with Gasteiger partial charge >= 0.3 is 0 Å². The fourth-order valence-corrected chi connectivity index (χ4v) is 2.68. The van der Waals surface area contributed by atoms with Gasteiger partial charge in [0.25, 0.3) is 0 Å². The lowest BCUT2D eigenvalue weighted by Gasteiger charge is -2.29. The van der Waals surface area contributed by atoms with Crippen LogP contribution in [0.2, 0.25) is 0 Å². The van der Waals surface area contributed by atoms with E-state index in [1.165, 1.54) is 30.8 Å². The predicted molar refractivity (Wildman–Crippen MR) is 71.9 cm³/mol. The Morgan fingerprint density at radius 3 is 2.89 bits per heavy atom. The number of nitrogens with one attached hydrogen (secondary N) is 1. The molecule has 3 nitrogen and oxygen atoms in total. The number of benzene rings is 1. The van der Waals surface area contributed by atoms with Gasteiger partial charge in [-0.25, -0.2) is 0 Å². The molecule has 1 saturated heterocycles. The van der Waals surface area contributed by atoms with Crippen molar-refractivity contribution in [3.63, 3.8) is 0 Å². The van der Waals surface area contributed by atoms with Crippen LogP contribution in [0.25, 0.3) is 0 Å². The second kappa shape index (κ2) is 6.76. The average molecular weight is 250 g/mol. The van der Waals surface area contributed by atoms with E-state index in [1.807, 2.05) is 30.3 Å². The van der Waals surface area contributed by atoms with Crippen LogP contribution in [0.5, 0.6) is 5.75 Å². The highest BCUT2D eigenvalue weighted by Gasteiger charge is 2.22. The van der Waals surface area contributed by atoms with E-state index in [-0.39, 0.29) is 6.10 Å². The molecule has 0 saturated carbocycles. The van der Waals surface area contributed by atoms with Gasteiger partial charge in [-0.3, -0.25) is 0 Å². The molecule has 0 spiro atoms. The second-order valence-electron chi connectivity index (χ2n) is 5.43. The van der Waals surface area contributed by atoms with Crippen molar-refractivity contribution in [1.29, 1.82) is 0 Å². The maximum atomic E-state index is 10.0. The second-order valence-corrected chi connectivity index (χ2v) is 5.43. The van der Waals surface area contributed by atoms with Crippen molar-refractivity contribution in [3.05, 3.63) is 30.3 Å². The Labute approximate surface area is 109 Å². The Kier molecular flexibility index (Phi) is 5.02. The smallest absolute Gasteiger partial charge is 0.137 e. The number of hydrogen-bond donors (Lipinski definition) is 2. The van der Waals surface area contributed by atoms with Crippen LogP contribution in [-0.2, 0) is 0 Å². The minimum absolute atomic E-state index is 0.370. The number of ether oxygens (including phenoxy) is 1. The van der Waals surface area contributed by atoms with E-state index in [9.17, 15) is 5.11 Å². The Balaban J connectivity index is 1.70. The summed E-state index contributed by atoms with van der Waals surface area (Å²) in [4.78, 5) is 1.51. The van der Waals surface area contributed by atoms with Crippen LogP contribution in [0, 0.1) is 5.92 Å². The Hall–Kier alpha value is -1.06. The van der Waals surface area contributed by atoms with Gasteiger partial charge in [0.15, 0.2) is 0 Å². The van der Waals surface area contributed by atoms with Gasteiger partial charge in [-0.1, -0.05) is 25.1 Å². The van der Waals surface area contributed by atoms with E-state index in [0.717, 1.165) is 18.2 Å². The van der Waals surface area contributed by atoms with Crippen molar-refractivity contribution in [2.45, 2.75) is 25.9 Å². The first-order valence-corrected chi connectivity index (χ1v) is 6.93. The van der Waals surface area contributed by atoms with E-state index >= 15 is 0 Å². The summed E-state index contributed by atoms with van der Waals surface area (Å²) in [5.74, 6) is 1.62. The number of aliphatic hydroxyl groups is 1. The zero-order valence-electron chi connectivity index (χ0n) is 11.1. The molecule has 0 aliphatic carbocycles. The minimum atomic E-state index is -0.370. The minimum Gasteiger partial charge on any atom is -0.491 e. The van der Waals surface area contributed by atoms with Gasteiger partial charge < -0.3 is 14.7 Å². The first-order chi connectivity index (χ1) is 8.74. The molecule has 0 amide bonds. The Morgan fingerprint density at radius 1 is 1.39 bits per heavy atom. The summed E-state index contributed by atoms with van der Waals surface area (Å²) in [7, 11) is 0. The molecule has 1 aromatic carbocycles. The van der Waals surface area contributed by atoms with Crippen molar-refractivity contribution < 1.29 is 14.7 Å². The molecule has 1 unspecified atom stereocenters. The zero-order valence-corrected chi connectivity index (χ0v) is 11.1. The quantitative estimate of drug-likeness (QED) is 0.808. The highest BCUT2D eigenvalue weighted by molar-refractivity contribution is 5.20. The lowest BCUT2D eigenvalue weighted by atomic mass is 10.0. The molecule has 0 aromatic heterocycles. The van der Waals surface area contributed by atoms with Gasteiger partial charge in [0, 0.05) is 5.92 Å². The largest absolute Gasteiger partial charge is 0.491 e. The van der Waals surface area contributed by atoms with E-state index < -0.39 is 0 Å². The van der Waals surface area contributed by atoms with Crippen LogP contribution < -0.4 is 9.64 Å². The van der Waals surface area contributed by atoms with Crippen LogP contribution in [-0.4, -0.2) is 37.5 Å². The fourth-order valence-electron chi connectivity index (χ4n) is 2.68. The molecule has 0 bridgehead atoms. The molecule has 3 heteroatoms. The molecular weight excluding hydrogens is 226 g/mol. The van der Waals surface area contributed by atoms with Crippen LogP contribution in [0.15, 0.2) is 30.3 Å². The molecule has 100 valence electrons. The number of aliphatic hydroxyl groups excluding tert-OH is 1. The molecule has 2 N–H and O–H groups in total. The molecule has 0 radical (unpaired) electrons. The third kappa shape index (κ3) is 4.31. The first-order valence-electron chi connectivity index (χ1n) is 6.93. The van der Waals surface area contributed by atoms with Crippen LogP contribution in [0.4, 0.5) is 0 Å². The van der Waals surface area contributed by atoms with Crippen LogP contribution >= 0.6 is 0 Å². The Morgan fingerprint density at radius 2 is 2.17 bits per heavy atom. The molecule has 3 atom stereocenters. The maximum Gasteiger partial charge on any atom is 0.137 e. The van der Waals surface area contributed by atoms with Gasteiger partial charge in [-0.2, -0.15) is 0 Å². The van der Waals surface area contributed by atoms with Crippen molar-refractivity contribution in [3.8, 4) is 5.75 Å². The maximum absolute atomic E-state index is 10.0. The monoisotopic (exact) mass is 250 g/mol. The standard InChI is InChI=1S/C15H23NO2/c1-13-6-5-9-16(10-13)11-14(17)12-18-15-7-3-2-4-8-15/h2-4,7-8,13-14,17H,5-6,9-12H2,1H3/p+1/t13-,14-/m0/s1. The molecule has 1 heterocycles. The summed E-state index contributed by atoms with van der Waals surface area (Å²) in [6, 6.07) is 9.69. The van der Waals surface area contributed by atoms with E-state index in [1.54, 1.807) is 0 Å². The summed E-state index contributed by atoms with van der Waals surface area (Å²) in [6.45, 7) is 5.86. The van der Waals surface area contributed by atoms with Gasteiger partial charge in [0.1, 0.15) is 25.0 Å². The van der Waals surface area contributed by atoms with Gasteiger partial charge in [0.05, 0.1) is 13.1 Å². The molecule has 2 rings (SSSR count). The van der Waals surface area contributed by atoms with Crippen molar-refractivity contribution in [2.24, 2.45) is 5.92 Å². The summed E-state index contributed by atoms with van der Waals surface area (Å²) in [6.07, 6.45) is 2.24. The normalized spacial score (nSPS) is 25.7. The number of hydrogen-bond acceptors (Lipinski definition) is 2. The number of para-hydroxylation sites is 1. The topological polar surface area (TPSA) is 33.9 Å². The lowest BCUT2D eigenvalue weighted by molar-refractivity contribution is -0.911. The lowest BCUT2D eigenvalue weighted by Crippen LogP contribution is -3.14. The van der Waals surface area contributed by atoms with Crippen molar-refractivity contribution >= 4 is 0 Å².